The van der Waals surface area contributed by atoms with E-state index in [0.717, 1.165) is 31.2 Å². The summed E-state index contributed by atoms with van der Waals surface area (Å²) in [4.78, 5) is 6.39. The minimum Gasteiger partial charge on any atom is -0.506 e. The monoisotopic (exact) mass is 219 g/mol. The van der Waals surface area contributed by atoms with Crippen LogP contribution in [-0.2, 0) is 0 Å². The number of pyridine rings is 1. The van der Waals surface area contributed by atoms with E-state index in [0.29, 0.717) is 6.04 Å². The third-order valence-electron chi connectivity index (χ3n) is 3.61. The Morgan fingerprint density at radius 2 is 2.25 bits per heavy atom. The maximum absolute atomic E-state index is 9.46. The predicted octanol–water partition coefficient (Wildman–Crippen LogP) is 0.975. The molecule has 2 unspecified atom stereocenters. The molecule has 3 aliphatic heterocycles. The molecule has 4 heteroatoms. The third kappa shape index (κ3) is 1.85. The molecule has 3 aliphatic rings. The Kier molecular flexibility index (Phi) is 2.44. The zero-order valence-electron chi connectivity index (χ0n) is 9.26. The number of aromatic nitrogens is 1. The van der Waals surface area contributed by atoms with Crippen molar-refractivity contribution in [3.05, 3.63) is 18.5 Å². The first kappa shape index (κ1) is 9.90. The first-order valence-corrected chi connectivity index (χ1v) is 5.93. The fourth-order valence-electron chi connectivity index (χ4n) is 2.74. The highest BCUT2D eigenvalue weighted by Crippen LogP contribution is 2.26. The van der Waals surface area contributed by atoms with E-state index >= 15 is 0 Å². The van der Waals surface area contributed by atoms with Gasteiger partial charge in [0.15, 0.2) is 0 Å². The smallest absolute Gasteiger partial charge is 0.135 e. The van der Waals surface area contributed by atoms with Crippen molar-refractivity contribution in [2.45, 2.75) is 18.9 Å². The highest BCUT2D eigenvalue weighted by molar-refractivity contribution is 5.48. The SMILES string of the molecule is Oc1cncc(N2CC3CCC(C2)NC3)c1. The molecule has 0 aliphatic carbocycles. The van der Waals surface area contributed by atoms with Crippen LogP contribution in [0.15, 0.2) is 18.5 Å². The Labute approximate surface area is 95.3 Å². The number of nitrogens with zero attached hydrogens (tertiary/aromatic N) is 2. The van der Waals surface area contributed by atoms with Crippen LogP contribution in [0.1, 0.15) is 12.8 Å². The first-order valence-electron chi connectivity index (χ1n) is 5.93. The van der Waals surface area contributed by atoms with Gasteiger partial charge in [-0.2, -0.15) is 0 Å². The van der Waals surface area contributed by atoms with E-state index in [1.54, 1.807) is 6.07 Å². The van der Waals surface area contributed by atoms with Crippen LogP contribution in [0, 0.1) is 5.92 Å². The van der Waals surface area contributed by atoms with Gasteiger partial charge < -0.3 is 15.3 Å². The summed E-state index contributed by atoms with van der Waals surface area (Å²) in [5, 5.41) is 13.0. The van der Waals surface area contributed by atoms with Crippen molar-refractivity contribution in [1.82, 2.24) is 10.3 Å². The van der Waals surface area contributed by atoms with Crippen molar-refractivity contribution in [2.75, 3.05) is 24.5 Å². The second kappa shape index (κ2) is 3.94. The molecule has 3 saturated heterocycles. The second-order valence-corrected chi connectivity index (χ2v) is 4.85. The number of anilines is 1. The summed E-state index contributed by atoms with van der Waals surface area (Å²) < 4.78 is 0. The molecular weight excluding hydrogens is 202 g/mol. The molecule has 86 valence electrons. The largest absolute Gasteiger partial charge is 0.506 e. The van der Waals surface area contributed by atoms with E-state index in [-0.39, 0.29) is 5.75 Å². The molecule has 0 spiro atoms. The van der Waals surface area contributed by atoms with Crippen LogP contribution in [-0.4, -0.2) is 35.8 Å². The molecule has 0 radical (unpaired) electrons. The lowest BCUT2D eigenvalue weighted by atomic mass is 9.97. The molecule has 16 heavy (non-hydrogen) atoms. The third-order valence-corrected chi connectivity index (χ3v) is 3.61. The quantitative estimate of drug-likeness (QED) is 0.739. The average molecular weight is 219 g/mol. The molecule has 3 fully saturated rings. The summed E-state index contributed by atoms with van der Waals surface area (Å²) in [7, 11) is 0. The van der Waals surface area contributed by atoms with Gasteiger partial charge in [-0.1, -0.05) is 0 Å². The Bertz CT molecular complexity index is 360. The Balaban J connectivity index is 1.84. The highest BCUT2D eigenvalue weighted by atomic mass is 16.3. The molecule has 4 nitrogen and oxygen atoms in total. The molecular formula is C12H17N3O. The van der Waals surface area contributed by atoms with Crippen LogP contribution in [0.25, 0.3) is 0 Å². The number of hydrogen-bond acceptors (Lipinski definition) is 4. The lowest BCUT2D eigenvalue weighted by Crippen LogP contribution is -2.39. The summed E-state index contributed by atoms with van der Waals surface area (Å²) in [6.07, 6.45) is 5.91. The molecule has 0 amide bonds. The molecule has 2 N–H and O–H groups in total. The molecule has 0 saturated carbocycles. The minimum absolute atomic E-state index is 0.252. The lowest BCUT2D eigenvalue weighted by molar-refractivity contribution is 0.360. The van der Waals surface area contributed by atoms with Crippen LogP contribution in [0.5, 0.6) is 5.75 Å². The second-order valence-electron chi connectivity index (χ2n) is 4.85. The van der Waals surface area contributed by atoms with Crippen molar-refractivity contribution < 1.29 is 5.11 Å². The van der Waals surface area contributed by atoms with Gasteiger partial charge in [0.2, 0.25) is 0 Å². The summed E-state index contributed by atoms with van der Waals surface area (Å²) in [6.45, 7) is 3.24. The highest BCUT2D eigenvalue weighted by Gasteiger charge is 2.29. The predicted molar refractivity (Wildman–Crippen MR) is 62.6 cm³/mol. The van der Waals surface area contributed by atoms with E-state index < -0.39 is 0 Å². The summed E-state index contributed by atoms with van der Waals surface area (Å²) in [6, 6.07) is 2.40. The minimum atomic E-state index is 0.252. The zero-order chi connectivity index (χ0) is 11.0. The molecule has 0 aromatic carbocycles. The zero-order valence-corrected chi connectivity index (χ0v) is 9.26. The van der Waals surface area contributed by atoms with Crippen LogP contribution in [0.2, 0.25) is 0 Å². The van der Waals surface area contributed by atoms with Crippen LogP contribution in [0.4, 0.5) is 5.69 Å². The van der Waals surface area contributed by atoms with Crippen molar-refractivity contribution >= 4 is 5.69 Å². The number of hydrogen-bond donors (Lipinski definition) is 2. The Morgan fingerprint density at radius 1 is 1.31 bits per heavy atom. The van der Waals surface area contributed by atoms with Crippen molar-refractivity contribution in [2.24, 2.45) is 5.92 Å². The van der Waals surface area contributed by atoms with E-state index in [9.17, 15) is 5.11 Å². The van der Waals surface area contributed by atoms with Gasteiger partial charge in [0.05, 0.1) is 18.1 Å². The topological polar surface area (TPSA) is 48.4 Å². The van der Waals surface area contributed by atoms with Crippen molar-refractivity contribution in [1.29, 1.82) is 0 Å². The number of piperidine rings is 1. The van der Waals surface area contributed by atoms with Gasteiger partial charge in [0.1, 0.15) is 5.75 Å². The Hall–Kier alpha value is -1.29. The molecule has 1 aromatic heterocycles. The normalized spacial score (nSPS) is 29.1. The van der Waals surface area contributed by atoms with E-state index in [2.05, 4.69) is 15.2 Å². The van der Waals surface area contributed by atoms with Gasteiger partial charge in [-0.05, 0) is 25.3 Å². The number of aromatic hydroxyl groups is 1. The molecule has 2 bridgehead atoms. The van der Waals surface area contributed by atoms with Crippen LogP contribution < -0.4 is 10.2 Å². The van der Waals surface area contributed by atoms with Gasteiger partial charge in [0.25, 0.3) is 0 Å². The van der Waals surface area contributed by atoms with Gasteiger partial charge in [-0.25, -0.2) is 0 Å². The van der Waals surface area contributed by atoms with Gasteiger partial charge >= 0.3 is 0 Å². The molecule has 4 rings (SSSR count). The average Bonchev–Trinajstić information content (AvgIpc) is 2.62. The lowest BCUT2D eigenvalue weighted by Gasteiger charge is -2.24. The Morgan fingerprint density at radius 3 is 3.00 bits per heavy atom. The van der Waals surface area contributed by atoms with E-state index in [1.165, 1.54) is 19.0 Å². The fourth-order valence-corrected chi connectivity index (χ4v) is 2.74. The maximum Gasteiger partial charge on any atom is 0.135 e. The fraction of sp³-hybridized carbons (Fsp3) is 0.583. The van der Waals surface area contributed by atoms with Gasteiger partial charge in [-0.15, -0.1) is 0 Å². The molecule has 2 atom stereocenters. The summed E-state index contributed by atoms with van der Waals surface area (Å²) >= 11 is 0. The molecule has 4 heterocycles. The summed E-state index contributed by atoms with van der Waals surface area (Å²) in [5.41, 5.74) is 1.04. The standard InChI is InChI=1S/C12H17N3O/c16-12-3-11(5-13-6-12)15-7-9-1-2-10(8-15)14-4-9/h3,5-6,9-10,14,16H,1-2,4,7-8H2. The maximum atomic E-state index is 9.46. The van der Waals surface area contributed by atoms with Crippen LogP contribution in [0.3, 0.4) is 0 Å². The van der Waals surface area contributed by atoms with Crippen molar-refractivity contribution in [3.8, 4) is 5.75 Å². The van der Waals surface area contributed by atoms with Gasteiger partial charge in [-0.3, -0.25) is 4.98 Å². The van der Waals surface area contributed by atoms with E-state index in [1.807, 2.05) is 6.20 Å². The van der Waals surface area contributed by atoms with Crippen LogP contribution >= 0.6 is 0 Å². The van der Waals surface area contributed by atoms with Gasteiger partial charge in [0, 0.05) is 25.2 Å². The molecule has 1 aromatic rings. The first-order chi connectivity index (χ1) is 7.81. The number of rotatable bonds is 1. The van der Waals surface area contributed by atoms with Crippen molar-refractivity contribution in [3.63, 3.8) is 0 Å². The summed E-state index contributed by atoms with van der Waals surface area (Å²) in [5.74, 6) is 0.989. The number of nitrogens with one attached hydrogen (secondary N) is 1. The number of fused-ring (bicyclic) bond motifs is 4. The van der Waals surface area contributed by atoms with E-state index in [4.69, 9.17) is 0 Å².